The lowest BCUT2D eigenvalue weighted by atomic mass is 10.1. The molecule has 0 saturated carbocycles. The Morgan fingerprint density at radius 1 is 1.78 bits per heavy atom. The van der Waals surface area contributed by atoms with Gasteiger partial charge in [0.15, 0.2) is 0 Å². The number of aliphatic hydroxyl groups is 1. The molecule has 1 heterocycles. The van der Waals surface area contributed by atoms with Gasteiger partial charge in [-0.2, -0.15) is 0 Å². The lowest BCUT2D eigenvalue weighted by Gasteiger charge is -2.04. The monoisotopic (exact) mass is 127 g/mol. The highest BCUT2D eigenvalue weighted by Crippen LogP contribution is 2.16. The quantitative estimate of drug-likeness (QED) is 0.479. The molecule has 1 fully saturated rings. The van der Waals surface area contributed by atoms with Crippen molar-refractivity contribution in [3.63, 3.8) is 0 Å². The number of allylic oxidation sites excluding steroid dienone is 1. The molecule has 2 N–H and O–H groups in total. The molecule has 1 rings (SSSR count). The fourth-order valence-electron chi connectivity index (χ4n) is 1.26. The maximum absolute atomic E-state index is 9.06. The van der Waals surface area contributed by atoms with Crippen molar-refractivity contribution in [2.24, 2.45) is 0 Å². The number of aliphatic hydroxyl groups excluding tert-OH is 1. The highest BCUT2D eigenvalue weighted by atomic mass is 16.3. The van der Waals surface area contributed by atoms with Gasteiger partial charge in [-0.25, -0.2) is 0 Å². The molecule has 0 aromatic rings. The predicted octanol–water partition coefficient (Wildman–Crippen LogP) is 1.20. The highest BCUT2D eigenvalue weighted by Gasteiger charge is 2.16. The molecule has 1 atom stereocenters. The summed E-state index contributed by atoms with van der Waals surface area (Å²) in [5.74, 6) is 0.493. The van der Waals surface area contributed by atoms with Crippen LogP contribution in [0.15, 0.2) is 11.3 Å². The summed E-state index contributed by atoms with van der Waals surface area (Å²) < 4.78 is 0. The molecule has 0 aromatic carbocycles. The van der Waals surface area contributed by atoms with Gasteiger partial charge in [0.2, 0.25) is 0 Å². The van der Waals surface area contributed by atoms with Crippen molar-refractivity contribution >= 4 is 0 Å². The van der Waals surface area contributed by atoms with Gasteiger partial charge in [-0.05, 0) is 32.4 Å². The lowest BCUT2D eigenvalue weighted by Crippen LogP contribution is -2.18. The van der Waals surface area contributed by atoms with E-state index in [1.807, 2.05) is 0 Å². The standard InChI is InChI=1S/C7H13NO/c1-5-7(6(2)9)3-4-8-5/h5,8-9H,3-4H2,1-2H3/b7-6+/t5-/m1/s1. The summed E-state index contributed by atoms with van der Waals surface area (Å²) in [5, 5.41) is 12.3. The number of nitrogens with one attached hydrogen (secondary N) is 1. The third-order valence-corrected chi connectivity index (χ3v) is 1.83. The maximum Gasteiger partial charge on any atom is 0.0899 e. The van der Waals surface area contributed by atoms with Gasteiger partial charge in [-0.15, -0.1) is 0 Å². The summed E-state index contributed by atoms with van der Waals surface area (Å²) in [5.41, 5.74) is 1.16. The molecule has 1 aliphatic rings. The fraction of sp³-hybridized carbons (Fsp3) is 0.714. The molecule has 2 heteroatoms. The summed E-state index contributed by atoms with van der Waals surface area (Å²) in [6.45, 7) is 4.83. The molecule has 52 valence electrons. The molecule has 1 aliphatic heterocycles. The van der Waals surface area contributed by atoms with Gasteiger partial charge in [0, 0.05) is 6.04 Å². The summed E-state index contributed by atoms with van der Waals surface area (Å²) in [7, 11) is 0. The van der Waals surface area contributed by atoms with Crippen LogP contribution < -0.4 is 5.32 Å². The van der Waals surface area contributed by atoms with Gasteiger partial charge in [-0.1, -0.05) is 0 Å². The van der Waals surface area contributed by atoms with Crippen LogP contribution in [0, 0.1) is 0 Å². The molecule has 0 spiro atoms. The summed E-state index contributed by atoms with van der Waals surface area (Å²) in [6, 6.07) is 0.384. The first-order valence-electron chi connectivity index (χ1n) is 3.34. The fourth-order valence-corrected chi connectivity index (χ4v) is 1.26. The Labute approximate surface area is 55.6 Å². The van der Waals surface area contributed by atoms with E-state index in [-0.39, 0.29) is 0 Å². The second-order valence-corrected chi connectivity index (χ2v) is 2.54. The zero-order valence-corrected chi connectivity index (χ0v) is 5.94. The van der Waals surface area contributed by atoms with E-state index in [1.54, 1.807) is 6.92 Å². The Balaban J connectivity index is 2.70. The van der Waals surface area contributed by atoms with Crippen LogP contribution >= 0.6 is 0 Å². The Morgan fingerprint density at radius 2 is 2.44 bits per heavy atom. The first-order chi connectivity index (χ1) is 4.22. The molecule has 0 aliphatic carbocycles. The van der Waals surface area contributed by atoms with Crippen molar-refractivity contribution < 1.29 is 5.11 Å². The van der Waals surface area contributed by atoms with Crippen LogP contribution in [-0.2, 0) is 0 Å². The van der Waals surface area contributed by atoms with E-state index >= 15 is 0 Å². The highest BCUT2D eigenvalue weighted by molar-refractivity contribution is 5.16. The number of hydrogen-bond acceptors (Lipinski definition) is 2. The van der Waals surface area contributed by atoms with E-state index in [1.165, 1.54) is 0 Å². The molecule has 9 heavy (non-hydrogen) atoms. The largest absolute Gasteiger partial charge is 0.513 e. The molecule has 2 nitrogen and oxygen atoms in total. The smallest absolute Gasteiger partial charge is 0.0899 e. The van der Waals surface area contributed by atoms with E-state index < -0.39 is 0 Å². The molecule has 0 unspecified atom stereocenters. The lowest BCUT2D eigenvalue weighted by molar-refractivity contribution is 0.402. The van der Waals surface area contributed by atoms with Crippen LogP contribution in [0.25, 0.3) is 0 Å². The minimum Gasteiger partial charge on any atom is -0.513 e. The predicted molar refractivity (Wildman–Crippen MR) is 37.4 cm³/mol. The average Bonchev–Trinajstić information content (AvgIpc) is 2.13. The average molecular weight is 127 g/mol. The van der Waals surface area contributed by atoms with Crippen molar-refractivity contribution in [2.45, 2.75) is 26.3 Å². The maximum atomic E-state index is 9.06. The van der Waals surface area contributed by atoms with Gasteiger partial charge in [0.25, 0.3) is 0 Å². The van der Waals surface area contributed by atoms with E-state index in [4.69, 9.17) is 5.11 Å². The molecule has 0 bridgehead atoms. The van der Waals surface area contributed by atoms with Crippen molar-refractivity contribution in [3.8, 4) is 0 Å². The van der Waals surface area contributed by atoms with Crippen LogP contribution in [0.4, 0.5) is 0 Å². The van der Waals surface area contributed by atoms with E-state index in [0.717, 1.165) is 18.5 Å². The van der Waals surface area contributed by atoms with Crippen LogP contribution in [0.5, 0.6) is 0 Å². The zero-order chi connectivity index (χ0) is 6.85. The first kappa shape index (κ1) is 6.62. The van der Waals surface area contributed by atoms with Gasteiger partial charge in [0.1, 0.15) is 0 Å². The number of rotatable bonds is 0. The Bertz CT molecular complexity index is 136. The normalized spacial score (nSPS) is 32.9. The van der Waals surface area contributed by atoms with Crippen LogP contribution in [0.1, 0.15) is 20.3 Å². The van der Waals surface area contributed by atoms with Crippen molar-refractivity contribution in [1.82, 2.24) is 5.32 Å². The van der Waals surface area contributed by atoms with E-state index in [2.05, 4.69) is 12.2 Å². The van der Waals surface area contributed by atoms with Crippen molar-refractivity contribution in [3.05, 3.63) is 11.3 Å². The minimum absolute atomic E-state index is 0.384. The van der Waals surface area contributed by atoms with Gasteiger partial charge >= 0.3 is 0 Å². The summed E-state index contributed by atoms with van der Waals surface area (Å²) in [6.07, 6.45) is 1.00. The Morgan fingerprint density at radius 3 is 2.67 bits per heavy atom. The third kappa shape index (κ3) is 1.24. The van der Waals surface area contributed by atoms with Crippen molar-refractivity contribution in [2.75, 3.05) is 6.54 Å². The molecule has 0 radical (unpaired) electrons. The van der Waals surface area contributed by atoms with Gasteiger partial charge < -0.3 is 10.4 Å². The molecular formula is C7H13NO. The van der Waals surface area contributed by atoms with E-state index in [9.17, 15) is 0 Å². The summed E-state index contributed by atoms with van der Waals surface area (Å²) in [4.78, 5) is 0. The van der Waals surface area contributed by atoms with Crippen LogP contribution in [0.3, 0.4) is 0 Å². The summed E-state index contributed by atoms with van der Waals surface area (Å²) >= 11 is 0. The van der Waals surface area contributed by atoms with Crippen molar-refractivity contribution in [1.29, 1.82) is 0 Å². The second kappa shape index (κ2) is 2.40. The minimum atomic E-state index is 0.384. The van der Waals surface area contributed by atoms with E-state index in [0.29, 0.717) is 11.8 Å². The molecule has 1 saturated heterocycles. The van der Waals surface area contributed by atoms with Gasteiger partial charge in [-0.3, -0.25) is 0 Å². The topological polar surface area (TPSA) is 32.3 Å². The van der Waals surface area contributed by atoms with Crippen LogP contribution in [-0.4, -0.2) is 17.7 Å². The van der Waals surface area contributed by atoms with Crippen LogP contribution in [0.2, 0.25) is 0 Å². The first-order valence-corrected chi connectivity index (χ1v) is 3.34. The second-order valence-electron chi connectivity index (χ2n) is 2.54. The number of hydrogen-bond donors (Lipinski definition) is 2. The third-order valence-electron chi connectivity index (χ3n) is 1.83. The van der Waals surface area contributed by atoms with Gasteiger partial charge in [0.05, 0.1) is 5.76 Å². The Kier molecular flexibility index (Phi) is 1.76. The molecular weight excluding hydrogens is 114 g/mol. The SMILES string of the molecule is C/C(O)=C1/CCN[C@@H]1C. The zero-order valence-electron chi connectivity index (χ0n) is 5.94. The molecule has 0 amide bonds. The molecule has 0 aromatic heterocycles. The Hall–Kier alpha value is -0.500.